The van der Waals surface area contributed by atoms with Gasteiger partial charge in [0.2, 0.25) is 0 Å². The third-order valence-electron chi connectivity index (χ3n) is 2.76. The maximum absolute atomic E-state index is 10.8. The Morgan fingerprint density at radius 2 is 2.47 bits per heavy atom. The van der Waals surface area contributed by atoms with Crippen molar-refractivity contribution in [3.05, 3.63) is 28.4 Å². The van der Waals surface area contributed by atoms with Gasteiger partial charge >= 0.3 is 5.82 Å². The fraction of sp³-hybridized carbons (Fsp3) is 0.500. The number of hydrogen-bond acceptors (Lipinski definition) is 6. The van der Waals surface area contributed by atoms with Crippen molar-refractivity contribution in [2.24, 2.45) is 0 Å². The fourth-order valence-corrected chi connectivity index (χ4v) is 1.90. The van der Waals surface area contributed by atoms with Gasteiger partial charge in [0.25, 0.3) is 0 Å². The van der Waals surface area contributed by atoms with Gasteiger partial charge in [-0.15, -0.1) is 0 Å². The van der Waals surface area contributed by atoms with Gasteiger partial charge in [0.15, 0.2) is 0 Å². The predicted molar refractivity (Wildman–Crippen MR) is 62.0 cm³/mol. The zero-order valence-electron chi connectivity index (χ0n) is 9.42. The normalized spacial score (nSPS) is 23.6. The number of nitro groups is 1. The number of hydrogen-bond donors (Lipinski definition) is 2. The quantitative estimate of drug-likeness (QED) is 0.582. The molecular weight excluding hydrogens is 224 g/mol. The molecule has 2 atom stereocenters. The molecule has 1 saturated heterocycles. The SMILES string of the molecule is CO[C@H]1CNCC1Nc1cccnc1[N+](=O)[O-]. The molecule has 2 heterocycles. The van der Waals surface area contributed by atoms with Crippen LogP contribution in [0.5, 0.6) is 0 Å². The van der Waals surface area contributed by atoms with Gasteiger partial charge in [0.1, 0.15) is 11.9 Å². The number of methoxy groups -OCH3 is 1. The molecule has 1 aliphatic heterocycles. The van der Waals surface area contributed by atoms with Crippen molar-refractivity contribution >= 4 is 11.5 Å². The molecule has 0 aliphatic carbocycles. The Labute approximate surface area is 98.3 Å². The summed E-state index contributed by atoms with van der Waals surface area (Å²) in [6.07, 6.45) is 1.42. The first-order valence-corrected chi connectivity index (χ1v) is 5.32. The molecule has 0 spiro atoms. The van der Waals surface area contributed by atoms with Crippen LogP contribution in [-0.4, -0.2) is 42.3 Å². The van der Waals surface area contributed by atoms with E-state index in [-0.39, 0.29) is 18.0 Å². The lowest BCUT2D eigenvalue weighted by Gasteiger charge is -2.19. The summed E-state index contributed by atoms with van der Waals surface area (Å²) in [5.74, 6) is -0.158. The summed E-state index contributed by atoms with van der Waals surface area (Å²) in [6.45, 7) is 1.45. The molecule has 1 aliphatic rings. The molecule has 2 rings (SSSR count). The molecule has 1 aromatic rings. The van der Waals surface area contributed by atoms with Crippen LogP contribution in [0.3, 0.4) is 0 Å². The van der Waals surface area contributed by atoms with Gasteiger partial charge in [0.05, 0.1) is 12.1 Å². The van der Waals surface area contributed by atoms with Crippen LogP contribution < -0.4 is 10.6 Å². The number of aromatic nitrogens is 1. The highest BCUT2D eigenvalue weighted by Crippen LogP contribution is 2.22. The lowest BCUT2D eigenvalue weighted by molar-refractivity contribution is -0.388. The standard InChI is InChI=1S/C10H14N4O3/c1-17-9-6-11-5-8(9)13-7-3-2-4-12-10(7)14(15)16/h2-4,8-9,11,13H,5-6H2,1H3/t8?,9-/m0/s1. The smallest absolute Gasteiger partial charge is 0.378 e. The second-order valence-corrected chi connectivity index (χ2v) is 3.81. The molecule has 17 heavy (non-hydrogen) atoms. The van der Waals surface area contributed by atoms with E-state index >= 15 is 0 Å². The van der Waals surface area contributed by atoms with E-state index in [1.165, 1.54) is 6.20 Å². The third kappa shape index (κ3) is 2.51. The van der Waals surface area contributed by atoms with Crippen LogP contribution >= 0.6 is 0 Å². The Bertz CT molecular complexity index is 412. The summed E-state index contributed by atoms with van der Waals surface area (Å²) < 4.78 is 5.28. The Balaban J connectivity index is 2.15. The lowest BCUT2D eigenvalue weighted by atomic mass is 10.2. The molecule has 7 nitrogen and oxygen atoms in total. The van der Waals surface area contributed by atoms with Crippen LogP contribution in [0.15, 0.2) is 18.3 Å². The van der Waals surface area contributed by atoms with Crippen LogP contribution in [0, 0.1) is 10.1 Å². The zero-order chi connectivity index (χ0) is 12.3. The number of pyridine rings is 1. The molecule has 2 N–H and O–H groups in total. The van der Waals surface area contributed by atoms with Crippen LogP contribution in [0.4, 0.5) is 11.5 Å². The Morgan fingerprint density at radius 3 is 3.18 bits per heavy atom. The van der Waals surface area contributed by atoms with Crippen molar-refractivity contribution < 1.29 is 9.66 Å². The number of nitrogens with zero attached hydrogens (tertiary/aromatic N) is 2. The second kappa shape index (κ2) is 5.07. The maximum atomic E-state index is 10.8. The predicted octanol–water partition coefficient (Wildman–Crippen LogP) is 0.388. The highest BCUT2D eigenvalue weighted by molar-refractivity contribution is 5.57. The summed E-state index contributed by atoms with van der Waals surface area (Å²) in [4.78, 5) is 14.1. The summed E-state index contributed by atoms with van der Waals surface area (Å²) >= 11 is 0. The van der Waals surface area contributed by atoms with Gasteiger partial charge in [0, 0.05) is 20.2 Å². The molecule has 0 amide bonds. The largest absolute Gasteiger partial charge is 0.386 e. The average Bonchev–Trinajstić information content (AvgIpc) is 2.77. The Morgan fingerprint density at radius 1 is 1.65 bits per heavy atom. The van der Waals surface area contributed by atoms with E-state index < -0.39 is 4.92 Å². The number of nitrogens with one attached hydrogen (secondary N) is 2. The van der Waals surface area contributed by atoms with Gasteiger partial charge in [-0.2, -0.15) is 0 Å². The minimum atomic E-state index is -0.494. The van der Waals surface area contributed by atoms with E-state index in [0.29, 0.717) is 12.2 Å². The van der Waals surface area contributed by atoms with Crippen LogP contribution in [0.1, 0.15) is 0 Å². The van der Waals surface area contributed by atoms with E-state index in [2.05, 4.69) is 15.6 Å². The number of ether oxygens (including phenoxy) is 1. The number of anilines is 1. The molecule has 7 heteroatoms. The molecule has 1 aromatic heterocycles. The van der Waals surface area contributed by atoms with Gasteiger partial charge in [-0.05, 0) is 22.0 Å². The van der Waals surface area contributed by atoms with Crippen LogP contribution in [-0.2, 0) is 4.74 Å². The van der Waals surface area contributed by atoms with E-state index in [0.717, 1.165) is 6.54 Å². The highest BCUT2D eigenvalue weighted by Gasteiger charge is 2.28. The van der Waals surface area contributed by atoms with Gasteiger partial charge < -0.3 is 25.5 Å². The average molecular weight is 238 g/mol. The molecule has 92 valence electrons. The number of rotatable bonds is 4. The summed E-state index contributed by atoms with van der Waals surface area (Å²) in [5, 5.41) is 17.1. The van der Waals surface area contributed by atoms with Crippen molar-refractivity contribution in [3.63, 3.8) is 0 Å². The first-order chi connectivity index (χ1) is 8.22. The van der Waals surface area contributed by atoms with Crippen molar-refractivity contribution in [3.8, 4) is 0 Å². The van der Waals surface area contributed by atoms with E-state index in [9.17, 15) is 10.1 Å². The highest BCUT2D eigenvalue weighted by atomic mass is 16.6. The van der Waals surface area contributed by atoms with Gasteiger partial charge in [-0.3, -0.25) is 0 Å². The van der Waals surface area contributed by atoms with Crippen LogP contribution in [0.2, 0.25) is 0 Å². The minimum absolute atomic E-state index is 0.00908. The molecule has 1 unspecified atom stereocenters. The Kier molecular flexibility index (Phi) is 3.50. The first kappa shape index (κ1) is 11.7. The summed E-state index contributed by atoms with van der Waals surface area (Å²) in [7, 11) is 1.63. The Hall–Kier alpha value is -1.73. The lowest BCUT2D eigenvalue weighted by Crippen LogP contribution is -2.33. The monoisotopic (exact) mass is 238 g/mol. The summed E-state index contributed by atoms with van der Waals surface area (Å²) in [6, 6.07) is 3.33. The molecular formula is C10H14N4O3. The topological polar surface area (TPSA) is 89.3 Å². The van der Waals surface area contributed by atoms with Gasteiger partial charge in [-0.25, -0.2) is 0 Å². The summed E-state index contributed by atoms with van der Waals surface area (Å²) in [5.41, 5.74) is 0.424. The molecule has 0 aromatic carbocycles. The maximum Gasteiger partial charge on any atom is 0.386 e. The van der Waals surface area contributed by atoms with E-state index in [4.69, 9.17) is 4.74 Å². The zero-order valence-corrected chi connectivity index (χ0v) is 9.42. The molecule has 0 saturated carbocycles. The molecule has 0 radical (unpaired) electrons. The van der Waals surface area contributed by atoms with Crippen molar-refractivity contribution in [2.75, 3.05) is 25.5 Å². The fourth-order valence-electron chi connectivity index (χ4n) is 1.90. The van der Waals surface area contributed by atoms with E-state index in [1.807, 2.05) is 0 Å². The first-order valence-electron chi connectivity index (χ1n) is 5.32. The van der Waals surface area contributed by atoms with Crippen LogP contribution in [0.25, 0.3) is 0 Å². The van der Waals surface area contributed by atoms with Crippen molar-refractivity contribution in [1.29, 1.82) is 0 Å². The van der Waals surface area contributed by atoms with Gasteiger partial charge in [-0.1, -0.05) is 0 Å². The third-order valence-corrected chi connectivity index (χ3v) is 2.76. The van der Waals surface area contributed by atoms with E-state index in [1.54, 1.807) is 19.2 Å². The minimum Gasteiger partial charge on any atom is -0.378 e. The second-order valence-electron chi connectivity index (χ2n) is 3.81. The molecule has 0 bridgehead atoms. The molecule has 1 fully saturated rings. The van der Waals surface area contributed by atoms with Crippen molar-refractivity contribution in [1.82, 2.24) is 10.3 Å². The van der Waals surface area contributed by atoms with Crippen molar-refractivity contribution in [2.45, 2.75) is 12.1 Å².